The predicted octanol–water partition coefficient (Wildman–Crippen LogP) is 2.44. The minimum Gasteiger partial charge on any atom is -0.494 e. The fraction of sp³-hybridized carbons (Fsp3) is 0.455. The van der Waals surface area contributed by atoms with Crippen LogP contribution in [0.1, 0.15) is 12.5 Å². The molecule has 1 aromatic carbocycles. The van der Waals surface area contributed by atoms with Crippen molar-refractivity contribution >= 4 is 0 Å². The van der Waals surface area contributed by atoms with Crippen LogP contribution in [0, 0.1) is 0 Å². The van der Waals surface area contributed by atoms with Crippen molar-refractivity contribution in [3.05, 3.63) is 29.8 Å². The van der Waals surface area contributed by atoms with Gasteiger partial charge in [0.1, 0.15) is 5.75 Å². The Balaban J connectivity index is 2.51. The first-order chi connectivity index (χ1) is 7.24. The lowest BCUT2D eigenvalue weighted by molar-refractivity contribution is 0.145. The molecule has 1 rings (SSSR count). The summed E-state index contributed by atoms with van der Waals surface area (Å²) < 4.78 is 29.2. The number of para-hydroxylation sites is 1. The van der Waals surface area contributed by atoms with Crippen molar-refractivity contribution < 1.29 is 13.5 Å². The molecule has 0 spiro atoms. The van der Waals surface area contributed by atoms with E-state index in [4.69, 9.17) is 4.74 Å². The minimum atomic E-state index is -2.32. The van der Waals surface area contributed by atoms with Gasteiger partial charge in [0, 0.05) is 12.1 Å². The number of rotatable bonds is 6. The first-order valence-corrected chi connectivity index (χ1v) is 4.93. The molecule has 0 bridgehead atoms. The van der Waals surface area contributed by atoms with Crippen LogP contribution in [-0.2, 0) is 6.54 Å². The van der Waals surface area contributed by atoms with Crippen molar-refractivity contribution in [1.29, 1.82) is 0 Å². The zero-order valence-corrected chi connectivity index (χ0v) is 8.67. The van der Waals surface area contributed by atoms with Gasteiger partial charge < -0.3 is 10.1 Å². The normalized spacial score (nSPS) is 10.7. The Hall–Kier alpha value is -1.16. The van der Waals surface area contributed by atoms with Gasteiger partial charge in [-0.1, -0.05) is 18.2 Å². The van der Waals surface area contributed by atoms with Crippen molar-refractivity contribution in [3.8, 4) is 5.75 Å². The number of halogens is 2. The SMILES string of the molecule is CCOc1ccccc1CNCC(F)F. The van der Waals surface area contributed by atoms with Crippen molar-refractivity contribution in [1.82, 2.24) is 5.32 Å². The Bertz CT molecular complexity index is 292. The van der Waals surface area contributed by atoms with Gasteiger partial charge in [0.2, 0.25) is 0 Å². The topological polar surface area (TPSA) is 21.3 Å². The van der Waals surface area contributed by atoms with Crippen molar-refractivity contribution in [2.75, 3.05) is 13.2 Å². The van der Waals surface area contributed by atoms with E-state index in [1.807, 2.05) is 31.2 Å². The average molecular weight is 215 g/mol. The Labute approximate surface area is 88.3 Å². The van der Waals surface area contributed by atoms with Gasteiger partial charge in [-0.15, -0.1) is 0 Å². The molecule has 0 amide bonds. The van der Waals surface area contributed by atoms with Gasteiger partial charge in [0.25, 0.3) is 6.43 Å². The molecule has 0 aromatic heterocycles. The summed E-state index contributed by atoms with van der Waals surface area (Å²) in [5, 5.41) is 2.67. The third kappa shape index (κ3) is 4.25. The minimum absolute atomic E-state index is 0.291. The Morgan fingerprint density at radius 1 is 1.33 bits per heavy atom. The van der Waals surface area contributed by atoms with Crippen molar-refractivity contribution in [2.24, 2.45) is 0 Å². The average Bonchev–Trinajstić information content (AvgIpc) is 2.20. The molecule has 84 valence electrons. The van der Waals surface area contributed by atoms with Gasteiger partial charge in [-0.05, 0) is 13.0 Å². The fourth-order valence-electron chi connectivity index (χ4n) is 1.26. The number of alkyl halides is 2. The molecule has 4 heteroatoms. The maximum Gasteiger partial charge on any atom is 0.250 e. The number of ether oxygens (including phenoxy) is 1. The number of hydrogen-bond acceptors (Lipinski definition) is 2. The van der Waals surface area contributed by atoms with Crippen LogP contribution in [0.25, 0.3) is 0 Å². The first kappa shape index (κ1) is 11.9. The van der Waals surface area contributed by atoms with E-state index in [2.05, 4.69) is 5.32 Å². The van der Waals surface area contributed by atoms with Crippen molar-refractivity contribution in [2.45, 2.75) is 19.9 Å². The summed E-state index contributed by atoms with van der Waals surface area (Å²) >= 11 is 0. The van der Waals surface area contributed by atoms with E-state index < -0.39 is 6.43 Å². The van der Waals surface area contributed by atoms with E-state index in [1.54, 1.807) is 0 Å². The first-order valence-electron chi connectivity index (χ1n) is 4.93. The lowest BCUT2D eigenvalue weighted by atomic mass is 10.2. The van der Waals surface area contributed by atoms with Crippen LogP contribution >= 0.6 is 0 Å². The molecule has 0 atom stereocenters. The maximum atomic E-state index is 11.9. The molecule has 0 unspecified atom stereocenters. The van der Waals surface area contributed by atoms with Crippen LogP contribution < -0.4 is 10.1 Å². The molecule has 2 nitrogen and oxygen atoms in total. The standard InChI is InChI=1S/C11H15F2NO/c1-2-15-10-6-4-3-5-9(10)7-14-8-11(12)13/h3-6,11,14H,2,7-8H2,1H3. The van der Waals surface area contributed by atoms with Gasteiger partial charge >= 0.3 is 0 Å². The zero-order chi connectivity index (χ0) is 11.1. The monoisotopic (exact) mass is 215 g/mol. The second kappa shape index (κ2) is 6.35. The Kier molecular flexibility index (Phi) is 5.04. The summed E-state index contributed by atoms with van der Waals surface area (Å²) in [5.74, 6) is 0.752. The second-order valence-electron chi connectivity index (χ2n) is 3.06. The van der Waals surface area contributed by atoms with Gasteiger partial charge in [0.05, 0.1) is 13.2 Å². The zero-order valence-electron chi connectivity index (χ0n) is 8.67. The summed E-state index contributed by atoms with van der Waals surface area (Å²) in [5.41, 5.74) is 0.903. The smallest absolute Gasteiger partial charge is 0.250 e. The van der Waals surface area contributed by atoms with E-state index in [9.17, 15) is 8.78 Å². The summed E-state index contributed by atoms with van der Waals surface area (Å²) in [6.07, 6.45) is -2.32. The van der Waals surface area contributed by atoms with Crippen LogP contribution in [0.4, 0.5) is 8.78 Å². The van der Waals surface area contributed by atoms with Gasteiger partial charge in [-0.25, -0.2) is 8.78 Å². The molecule has 0 aliphatic heterocycles. The van der Waals surface area contributed by atoms with Crippen molar-refractivity contribution in [3.63, 3.8) is 0 Å². The van der Waals surface area contributed by atoms with Crippen LogP contribution in [0.15, 0.2) is 24.3 Å². The molecular formula is C11H15F2NO. The van der Waals surface area contributed by atoms with E-state index in [0.717, 1.165) is 11.3 Å². The maximum absolute atomic E-state index is 11.9. The van der Waals surface area contributed by atoms with Gasteiger partial charge in [0.15, 0.2) is 0 Å². The Morgan fingerprint density at radius 2 is 2.07 bits per heavy atom. The molecule has 0 aliphatic carbocycles. The highest BCUT2D eigenvalue weighted by Crippen LogP contribution is 2.17. The summed E-state index contributed by atoms with van der Waals surface area (Å²) in [6.45, 7) is 2.58. The Morgan fingerprint density at radius 3 is 2.73 bits per heavy atom. The van der Waals surface area contributed by atoms with Crippen LogP contribution in [0.3, 0.4) is 0 Å². The summed E-state index contributed by atoms with van der Waals surface area (Å²) in [7, 11) is 0. The fourth-order valence-corrected chi connectivity index (χ4v) is 1.26. The summed E-state index contributed by atoms with van der Waals surface area (Å²) in [6, 6.07) is 7.43. The molecular weight excluding hydrogens is 200 g/mol. The summed E-state index contributed by atoms with van der Waals surface area (Å²) in [4.78, 5) is 0. The number of nitrogens with one attached hydrogen (secondary N) is 1. The number of hydrogen-bond donors (Lipinski definition) is 1. The molecule has 0 radical (unpaired) electrons. The molecule has 0 heterocycles. The molecule has 1 aromatic rings. The van der Waals surface area contributed by atoms with Crippen LogP contribution in [0.5, 0.6) is 5.75 Å². The highest BCUT2D eigenvalue weighted by Gasteiger charge is 2.04. The highest BCUT2D eigenvalue weighted by atomic mass is 19.3. The molecule has 0 saturated carbocycles. The van der Waals surface area contributed by atoms with E-state index >= 15 is 0 Å². The second-order valence-corrected chi connectivity index (χ2v) is 3.06. The lowest BCUT2D eigenvalue weighted by Crippen LogP contribution is -2.20. The lowest BCUT2D eigenvalue weighted by Gasteiger charge is -2.10. The van der Waals surface area contributed by atoms with Crippen LogP contribution in [-0.4, -0.2) is 19.6 Å². The molecule has 0 saturated heterocycles. The molecule has 0 fully saturated rings. The van der Waals surface area contributed by atoms with Gasteiger partial charge in [-0.2, -0.15) is 0 Å². The third-order valence-electron chi connectivity index (χ3n) is 1.89. The predicted molar refractivity (Wildman–Crippen MR) is 55.3 cm³/mol. The van der Waals surface area contributed by atoms with E-state index in [1.165, 1.54) is 0 Å². The largest absolute Gasteiger partial charge is 0.494 e. The molecule has 0 aliphatic rings. The van der Waals surface area contributed by atoms with Gasteiger partial charge in [-0.3, -0.25) is 0 Å². The van der Waals surface area contributed by atoms with E-state index in [-0.39, 0.29) is 6.54 Å². The molecule has 15 heavy (non-hydrogen) atoms. The van der Waals surface area contributed by atoms with E-state index in [0.29, 0.717) is 13.2 Å². The molecule has 1 N–H and O–H groups in total. The van der Waals surface area contributed by atoms with Crippen LogP contribution in [0.2, 0.25) is 0 Å². The third-order valence-corrected chi connectivity index (χ3v) is 1.89. The highest BCUT2D eigenvalue weighted by molar-refractivity contribution is 5.33. The quantitative estimate of drug-likeness (QED) is 0.787. The number of benzene rings is 1.